The molecule has 0 amide bonds. The molecule has 0 spiro atoms. The Morgan fingerprint density at radius 3 is 3.00 bits per heavy atom. The monoisotopic (exact) mass is 299 g/mol. The summed E-state index contributed by atoms with van der Waals surface area (Å²) in [5.41, 5.74) is 1.20. The summed E-state index contributed by atoms with van der Waals surface area (Å²) in [4.78, 5) is 2.33. The molecule has 1 fully saturated rings. The molecule has 1 aromatic carbocycles. The zero-order valence-electron chi connectivity index (χ0n) is 10.3. The van der Waals surface area contributed by atoms with Crippen LogP contribution >= 0.6 is 15.9 Å². The van der Waals surface area contributed by atoms with E-state index in [0.29, 0.717) is 6.04 Å². The van der Waals surface area contributed by atoms with Crippen LogP contribution in [0.4, 0.5) is 0 Å². The lowest BCUT2D eigenvalue weighted by atomic mass is 10.1. The molecule has 94 valence electrons. The van der Waals surface area contributed by atoms with Gasteiger partial charge in [-0.15, -0.1) is 0 Å². The highest BCUT2D eigenvalue weighted by molar-refractivity contribution is 9.10. The highest BCUT2D eigenvalue weighted by atomic mass is 79.9. The number of nitrogens with zero attached hydrogens (tertiary/aromatic N) is 1. The fourth-order valence-electron chi connectivity index (χ4n) is 2.14. The zero-order valence-corrected chi connectivity index (χ0v) is 11.9. The molecule has 0 bridgehead atoms. The van der Waals surface area contributed by atoms with Crippen molar-refractivity contribution in [2.24, 2.45) is 0 Å². The molecule has 0 aliphatic carbocycles. The lowest BCUT2D eigenvalue weighted by molar-refractivity contribution is 0.156. The van der Waals surface area contributed by atoms with Gasteiger partial charge in [0.1, 0.15) is 5.75 Å². The summed E-state index contributed by atoms with van der Waals surface area (Å²) in [5, 5.41) is 0. The molecule has 4 heteroatoms. The lowest BCUT2D eigenvalue weighted by Gasteiger charge is -2.23. The van der Waals surface area contributed by atoms with Crippen molar-refractivity contribution in [3.05, 3.63) is 28.2 Å². The van der Waals surface area contributed by atoms with Crippen LogP contribution < -0.4 is 4.74 Å². The molecule has 0 saturated carbocycles. The first-order valence-electron chi connectivity index (χ1n) is 5.81. The zero-order chi connectivity index (χ0) is 12.3. The first kappa shape index (κ1) is 12.9. The molecular formula is C13H18BrNO2. The predicted molar refractivity (Wildman–Crippen MR) is 71.4 cm³/mol. The first-order valence-corrected chi connectivity index (χ1v) is 6.60. The van der Waals surface area contributed by atoms with Crippen molar-refractivity contribution in [1.82, 2.24) is 4.90 Å². The van der Waals surface area contributed by atoms with Crippen LogP contribution in [0.2, 0.25) is 0 Å². The van der Waals surface area contributed by atoms with E-state index in [1.165, 1.54) is 5.56 Å². The van der Waals surface area contributed by atoms with E-state index in [9.17, 15) is 0 Å². The number of hydrogen-bond donors (Lipinski definition) is 0. The van der Waals surface area contributed by atoms with Crippen LogP contribution in [0.3, 0.4) is 0 Å². The Labute approximate surface area is 111 Å². The standard InChI is InChI=1S/C13H18BrNO2/c1-15(12-5-6-17-9-12)8-10-7-11(14)3-4-13(10)16-2/h3-4,7,12H,5-6,8-9H2,1-2H3. The minimum Gasteiger partial charge on any atom is -0.496 e. The van der Waals surface area contributed by atoms with Gasteiger partial charge in [-0.1, -0.05) is 15.9 Å². The molecule has 0 aromatic heterocycles. The summed E-state index contributed by atoms with van der Waals surface area (Å²) in [6.45, 7) is 2.61. The number of benzene rings is 1. The molecule has 1 aromatic rings. The highest BCUT2D eigenvalue weighted by Crippen LogP contribution is 2.25. The largest absolute Gasteiger partial charge is 0.496 e. The van der Waals surface area contributed by atoms with Crippen LogP contribution in [0.5, 0.6) is 5.75 Å². The predicted octanol–water partition coefficient (Wildman–Crippen LogP) is 2.68. The maximum absolute atomic E-state index is 5.41. The molecule has 1 saturated heterocycles. The number of rotatable bonds is 4. The van der Waals surface area contributed by atoms with Gasteiger partial charge < -0.3 is 9.47 Å². The van der Waals surface area contributed by atoms with Gasteiger partial charge >= 0.3 is 0 Å². The minimum absolute atomic E-state index is 0.527. The van der Waals surface area contributed by atoms with E-state index in [1.807, 2.05) is 12.1 Å². The van der Waals surface area contributed by atoms with Crippen molar-refractivity contribution < 1.29 is 9.47 Å². The maximum Gasteiger partial charge on any atom is 0.123 e. The van der Waals surface area contributed by atoms with Crippen LogP contribution in [-0.4, -0.2) is 38.3 Å². The summed E-state index contributed by atoms with van der Waals surface area (Å²) in [7, 11) is 3.85. The summed E-state index contributed by atoms with van der Waals surface area (Å²) in [6.07, 6.45) is 1.12. The van der Waals surface area contributed by atoms with Crippen molar-refractivity contribution in [3.8, 4) is 5.75 Å². The quantitative estimate of drug-likeness (QED) is 0.853. The number of ether oxygens (including phenoxy) is 2. The highest BCUT2D eigenvalue weighted by Gasteiger charge is 2.21. The smallest absolute Gasteiger partial charge is 0.123 e. The molecule has 1 atom stereocenters. The van der Waals surface area contributed by atoms with Crippen molar-refractivity contribution in [2.75, 3.05) is 27.4 Å². The maximum atomic E-state index is 5.41. The molecule has 2 rings (SSSR count). The summed E-state index contributed by atoms with van der Waals surface area (Å²) >= 11 is 3.50. The van der Waals surface area contributed by atoms with Crippen LogP contribution in [0, 0.1) is 0 Å². The first-order chi connectivity index (χ1) is 8.20. The second-order valence-electron chi connectivity index (χ2n) is 4.39. The number of likely N-dealkylation sites (N-methyl/N-ethyl adjacent to an activating group) is 1. The molecular weight excluding hydrogens is 282 g/mol. The molecule has 1 unspecified atom stereocenters. The summed E-state index contributed by atoms with van der Waals surface area (Å²) in [6, 6.07) is 6.64. The van der Waals surface area contributed by atoms with E-state index in [1.54, 1.807) is 7.11 Å². The molecule has 17 heavy (non-hydrogen) atoms. The average molecular weight is 300 g/mol. The third-order valence-corrected chi connectivity index (χ3v) is 3.68. The third-order valence-electron chi connectivity index (χ3n) is 3.19. The van der Waals surface area contributed by atoms with Gasteiger partial charge in [-0.25, -0.2) is 0 Å². The van der Waals surface area contributed by atoms with Gasteiger partial charge in [0.2, 0.25) is 0 Å². The van der Waals surface area contributed by atoms with E-state index in [-0.39, 0.29) is 0 Å². The lowest BCUT2D eigenvalue weighted by Crippen LogP contribution is -2.31. The fourth-order valence-corrected chi connectivity index (χ4v) is 2.55. The average Bonchev–Trinajstić information content (AvgIpc) is 2.83. The Morgan fingerprint density at radius 1 is 1.53 bits per heavy atom. The number of halogens is 1. The second-order valence-corrected chi connectivity index (χ2v) is 5.30. The SMILES string of the molecule is COc1ccc(Br)cc1CN(C)C1CCOC1. The second kappa shape index (κ2) is 5.85. The van der Waals surface area contributed by atoms with E-state index in [0.717, 1.165) is 36.4 Å². The molecule has 0 N–H and O–H groups in total. The molecule has 1 heterocycles. The molecule has 1 aliphatic rings. The topological polar surface area (TPSA) is 21.7 Å². The number of methoxy groups -OCH3 is 1. The Balaban J connectivity index is 2.08. The normalized spacial score (nSPS) is 19.9. The fraction of sp³-hybridized carbons (Fsp3) is 0.538. The molecule has 0 radical (unpaired) electrons. The third kappa shape index (κ3) is 3.21. The minimum atomic E-state index is 0.527. The van der Waals surface area contributed by atoms with Crippen molar-refractivity contribution in [1.29, 1.82) is 0 Å². The van der Waals surface area contributed by atoms with Crippen molar-refractivity contribution in [2.45, 2.75) is 19.0 Å². The van der Waals surface area contributed by atoms with Gasteiger partial charge in [0.25, 0.3) is 0 Å². The Kier molecular flexibility index (Phi) is 4.42. The van der Waals surface area contributed by atoms with Gasteiger partial charge in [0.05, 0.1) is 13.7 Å². The van der Waals surface area contributed by atoms with Gasteiger partial charge in [-0.3, -0.25) is 4.90 Å². The summed E-state index contributed by atoms with van der Waals surface area (Å²) in [5.74, 6) is 0.943. The Morgan fingerprint density at radius 2 is 2.35 bits per heavy atom. The van der Waals surface area contributed by atoms with Gasteiger partial charge in [0.15, 0.2) is 0 Å². The van der Waals surface area contributed by atoms with Crippen LogP contribution in [0.1, 0.15) is 12.0 Å². The molecule has 1 aliphatic heterocycles. The van der Waals surface area contributed by atoms with E-state index in [4.69, 9.17) is 9.47 Å². The van der Waals surface area contributed by atoms with Crippen LogP contribution in [0.25, 0.3) is 0 Å². The molecule has 3 nitrogen and oxygen atoms in total. The number of hydrogen-bond acceptors (Lipinski definition) is 3. The van der Waals surface area contributed by atoms with Crippen molar-refractivity contribution >= 4 is 15.9 Å². The van der Waals surface area contributed by atoms with Crippen LogP contribution in [-0.2, 0) is 11.3 Å². The van der Waals surface area contributed by atoms with E-state index in [2.05, 4.69) is 33.9 Å². The van der Waals surface area contributed by atoms with Gasteiger partial charge in [-0.05, 0) is 31.7 Å². The Bertz CT molecular complexity index is 378. The van der Waals surface area contributed by atoms with Crippen molar-refractivity contribution in [3.63, 3.8) is 0 Å². The van der Waals surface area contributed by atoms with E-state index >= 15 is 0 Å². The summed E-state index contributed by atoms with van der Waals surface area (Å²) < 4.78 is 11.9. The van der Waals surface area contributed by atoms with E-state index < -0.39 is 0 Å². The van der Waals surface area contributed by atoms with Gasteiger partial charge in [-0.2, -0.15) is 0 Å². The van der Waals surface area contributed by atoms with Gasteiger partial charge in [0, 0.05) is 29.2 Å². The Hall–Kier alpha value is -0.580. The van der Waals surface area contributed by atoms with Crippen LogP contribution in [0.15, 0.2) is 22.7 Å².